The van der Waals surface area contributed by atoms with E-state index in [2.05, 4.69) is 12.3 Å². The van der Waals surface area contributed by atoms with Crippen LogP contribution in [0.3, 0.4) is 0 Å². The molecule has 0 heterocycles. The van der Waals surface area contributed by atoms with E-state index in [-0.39, 0.29) is 12.2 Å². The molecule has 0 aliphatic heterocycles. The van der Waals surface area contributed by atoms with Crippen LogP contribution >= 0.6 is 0 Å². The molecule has 0 fully saturated rings. The Hall–Kier alpha value is -1.43. The van der Waals surface area contributed by atoms with Gasteiger partial charge in [-0.3, -0.25) is 19.4 Å². The number of aliphatic carboxylic acids is 1. The largest absolute Gasteiger partial charge is 0.480 e. The third-order valence-electron chi connectivity index (χ3n) is 4.42. The molecule has 0 saturated heterocycles. The van der Waals surface area contributed by atoms with Crippen LogP contribution in [-0.4, -0.2) is 40.9 Å². The average Bonchev–Trinajstić information content (AvgIpc) is 2.60. The molecule has 0 rings (SSSR count). The van der Waals surface area contributed by atoms with Gasteiger partial charge in [0.05, 0.1) is 0 Å². The van der Waals surface area contributed by atoms with Gasteiger partial charge in [-0.2, -0.15) is 0 Å². The first kappa shape index (κ1) is 24.6. The van der Waals surface area contributed by atoms with Crippen molar-refractivity contribution in [3.63, 3.8) is 0 Å². The molecule has 0 aromatic heterocycles. The summed E-state index contributed by atoms with van der Waals surface area (Å²) < 4.78 is 0. The number of rotatable bonds is 17. The molecule has 1 atom stereocenters. The smallest absolute Gasteiger partial charge is 0.322 e. The average molecular weight is 371 g/mol. The molecule has 0 radical (unpaired) electrons. The molecule has 0 spiro atoms. The van der Waals surface area contributed by atoms with Crippen LogP contribution in [0.1, 0.15) is 91.4 Å². The van der Waals surface area contributed by atoms with Crippen LogP contribution in [0.5, 0.6) is 0 Å². The summed E-state index contributed by atoms with van der Waals surface area (Å²) in [5.74, 6) is -1.55. The monoisotopic (exact) mass is 370 g/mol. The van der Waals surface area contributed by atoms with Gasteiger partial charge in [0, 0.05) is 6.54 Å². The third kappa shape index (κ3) is 12.9. The topological polar surface area (TPSA) is 86.7 Å². The number of nitrogens with one attached hydrogen (secondary N) is 1. The van der Waals surface area contributed by atoms with E-state index in [9.17, 15) is 19.5 Å². The lowest BCUT2D eigenvalue weighted by atomic mass is 10.0. The van der Waals surface area contributed by atoms with E-state index < -0.39 is 17.9 Å². The third-order valence-corrected chi connectivity index (χ3v) is 4.42. The fourth-order valence-electron chi connectivity index (χ4n) is 2.93. The number of hydrogen-bond donors (Lipinski definition) is 2. The van der Waals surface area contributed by atoms with Crippen molar-refractivity contribution in [2.75, 3.05) is 6.54 Å². The van der Waals surface area contributed by atoms with Crippen LogP contribution < -0.4 is 5.43 Å². The molecular weight excluding hydrogens is 332 g/mol. The highest BCUT2D eigenvalue weighted by atomic mass is 16.4. The first-order chi connectivity index (χ1) is 12.4. The highest BCUT2D eigenvalue weighted by molar-refractivity contribution is 6.23. The van der Waals surface area contributed by atoms with Crippen LogP contribution in [0.25, 0.3) is 0 Å². The SMILES string of the molecule is CCCCCCCCCCCCN(N[C@@H](CC(C)C)C(=O)O)C(=O)C=O. The second kappa shape index (κ2) is 15.8. The van der Waals surface area contributed by atoms with Gasteiger partial charge >= 0.3 is 11.9 Å². The zero-order valence-corrected chi connectivity index (χ0v) is 16.8. The number of aldehydes is 1. The Bertz CT molecular complexity index is 399. The van der Waals surface area contributed by atoms with Crippen LogP contribution in [0.2, 0.25) is 0 Å². The van der Waals surface area contributed by atoms with Gasteiger partial charge < -0.3 is 5.11 Å². The maximum Gasteiger partial charge on any atom is 0.322 e. The second-order valence-corrected chi connectivity index (χ2v) is 7.44. The summed E-state index contributed by atoms with van der Waals surface area (Å²) in [6, 6.07) is -0.859. The molecule has 26 heavy (non-hydrogen) atoms. The maximum atomic E-state index is 11.7. The molecule has 0 unspecified atom stereocenters. The van der Waals surface area contributed by atoms with Crippen molar-refractivity contribution in [1.29, 1.82) is 0 Å². The van der Waals surface area contributed by atoms with Crippen LogP contribution in [0.4, 0.5) is 0 Å². The Balaban J connectivity index is 4.10. The van der Waals surface area contributed by atoms with Gasteiger partial charge in [0.25, 0.3) is 0 Å². The predicted molar refractivity (Wildman–Crippen MR) is 104 cm³/mol. The summed E-state index contributed by atoms with van der Waals surface area (Å²) in [4.78, 5) is 33.9. The van der Waals surface area contributed by atoms with Crippen molar-refractivity contribution in [2.24, 2.45) is 5.92 Å². The summed E-state index contributed by atoms with van der Waals surface area (Å²) in [5.41, 5.74) is 2.72. The first-order valence-electron chi connectivity index (χ1n) is 10.2. The van der Waals surface area contributed by atoms with Gasteiger partial charge in [-0.25, -0.2) is 5.43 Å². The lowest BCUT2D eigenvalue weighted by Gasteiger charge is -2.26. The van der Waals surface area contributed by atoms with E-state index in [0.29, 0.717) is 13.0 Å². The number of unbranched alkanes of at least 4 members (excludes halogenated alkanes) is 9. The summed E-state index contributed by atoms with van der Waals surface area (Å²) in [6.45, 7) is 6.42. The number of hydrogen-bond acceptors (Lipinski definition) is 4. The molecule has 0 aromatic rings. The molecule has 2 N–H and O–H groups in total. The van der Waals surface area contributed by atoms with Crippen molar-refractivity contribution in [2.45, 2.75) is 97.4 Å². The van der Waals surface area contributed by atoms with Crippen molar-refractivity contribution in [3.05, 3.63) is 0 Å². The zero-order chi connectivity index (χ0) is 19.8. The molecule has 6 heteroatoms. The maximum absolute atomic E-state index is 11.7. The van der Waals surface area contributed by atoms with Gasteiger partial charge in [-0.05, 0) is 18.8 Å². The number of carboxylic acid groups (broad SMARTS) is 1. The minimum atomic E-state index is -1.01. The van der Waals surface area contributed by atoms with Crippen molar-refractivity contribution < 1.29 is 19.5 Å². The molecule has 0 aliphatic carbocycles. The van der Waals surface area contributed by atoms with E-state index >= 15 is 0 Å². The van der Waals surface area contributed by atoms with Gasteiger partial charge in [0.2, 0.25) is 6.29 Å². The molecule has 152 valence electrons. The van der Waals surface area contributed by atoms with Gasteiger partial charge in [0.15, 0.2) is 0 Å². The fraction of sp³-hybridized carbons (Fsp3) is 0.850. The molecule has 0 aliphatic rings. The molecule has 0 bridgehead atoms. The van der Waals surface area contributed by atoms with E-state index in [4.69, 9.17) is 0 Å². The standard InChI is InChI=1S/C20H38N2O4/c1-4-5-6-7-8-9-10-11-12-13-14-22(19(24)16-23)21-18(20(25)26)15-17(2)3/h16-18,21H,4-15H2,1-3H3,(H,25,26)/t18-/m0/s1. The number of amides is 1. The number of nitrogens with zero attached hydrogens (tertiary/aromatic N) is 1. The quantitative estimate of drug-likeness (QED) is 0.175. The molecule has 1 amide bonds. The van der Waals surface area contributed by atoms with E-state index in [1.54, 1.807) is 0 Å². The summed E-state index contributed by atoms with van der Waals surface area (Å²) in [6.07, 6.45) is 12.4. The van der Waals surface area contributed by atoms with Gasteiger partial charge in [-0.15, -0.1) is 0 Å². The Morgan fingerprint density at radius 3 is 1.88 bits per heavy atom. The predicted octanol–water partition coefficient (Wildman–Crippen LogP) is 3.94. The van der Waals surface area contributed by atoms with Crippen LogP contribution in [-0.2, 0) is 14.4 Å². The molecule has 6 nitrogen and oxygen atoms in total. The number of hydrazine groups is 1. The van der Waals surface area contributed by atoms with E-state index in [0.717, 1.165) is 19.3 Å². The van der Waals surface area contributed by atoms with Gasteiger partial charge in [0.1, 0.15) is 6.04 Å². The second-order valence-electron chi connectivity index (χ2n) is 7.44. The lowest BCUT2D eigenvalue weighted by molar-refractivity contribution is -0.147. The molecule has 0 saturated carbocycles. The minimum absolute atomic E-state index is 0.175. The number of carbonyl (C=O) groups excluding carboxylic acids is 2. The summed E-state index contributed by atoms with van der Waals surface area (Å²) >= 11 is 0. The molecular formula is C20H38N2O4. The number of carboxylic acids is 1. The summed E-state index contributed by atoms with van der Waals surface area (Å²) in [5, 5.41) is 10.4. The highest BCUT2D eigenvalue weighted by Crippen LogP contribution is 2.11. The zero-order valence-electron chi connectivity index (χ0n) is 16.8. The van der Waals surface area contributed by atoms with Crippen molar-refractivity contribution in [1.82, 2.24) is 10.4 Å². The Morgan fingerprint density at radius 1 is 0.962 bits per heavy atom. The number of carbonyl (C=O) groups is 3. The summed E-state index contributed by atoms with van der Waals surface area (Å²) in [7, 11) is 0. The first-order valence-corrected chi connectivity index (χ1v) is 10.2. The Morgan fingerprint density at radius 2 is 1.46 bits per heavy atom. The van der Waals surface area contributed by atoms with E-state index in [1.807, 2.05) is 13.8 Å². The Kier molecular flexibility index (Phi) is 14.9. The van der Waals surface area contributed by atoms with Crippen LogP contribution in [0, 0.1) is 5.92 Å². The van der Waals surface area contributed by atoms with Crippen molar-refractivity contribution in [3.8, 4) is 0 Å². The molecule has 0 aromatic carbocycles. The lowest BCUT2D eigenvalue weighted by Crippen LogP contribution is -2.52. The normalized spacial score (nSPS) is 12.2. The minimum Gasteiger partial charge on any atom is -0.480 e. The van der Waals surface area contributed by atoms with Crippen LogP contribution in [0.15, 0.2) is 0 Å². The highest BCUT2D eigenvalue weighted by Gasteiger charge is 2.23. The van der Waals surface area contributed by atoms with Gasteiger partial charge in [-0.1, -0.05) is 78.6 Å². The van der Waals surface area contributed by atoms with E-state index in [1.165, 1.54) is 50.0 Å². The van der Waals surface area contributed by atoms with Crippen molar-refractivity contribution >= 4 is 18.2 Å². The fourth-order valence-corrected chi connectivity index (χ4v) is 2.93. The Labute approximate surface area is 158 Å².